The highest BCUT2D eigenvalue weighted by atomic mass is 16.5. The first-order valence-electron chi connectivity index (χ1n) is 10.8. The number of nitrogens with zero attached hydrogens (tertiary/aromatic N) is 3. The first-order chi connectivity index (χ1) is 16.5. The molecule has 5 rings (SSSR count). The number of imide groups is 1. The van der Waals surface area contributed by atoms with Gasteiger partial charge < -0.3 is 15.0 Å². The van der Waals surface area contributed by atoms with Gasteiger partial charge in [-0.1, -0.05) is 12.1 Å². The molecule has 10 heteroatoms. The Balaban J connectivity index is 1.29. The molecule has 3 amide bonds. The number of aromatic nitrogens is 4. The van der Waals surface area contributed by atoms with Crippen LogP contribution in [0.15, 0.2) is 54.9 Å². The Morgan fingerprint density at radius 1 is 1.21 bits per heavy atom. The maximum absolute atomic E-state index is 12.5. The summed E-state index contributed by atoms with van der Waals surface area (Å²) in [5.74, 6) is -0.205. The number of hydrogen-bond donors (Lipinski definition) is 3. The second-order valence-corrected chi connectivity index (χ2v) is 8.02. The fourth-order valence-corrected chi connectivity index (χ4v) is 4.13. The molecule has 0 radical (unpaired) electrons. The van der Waals surface area contributed by atoms with Crippen molar-refractivity contribution < 1.29 is 19.1 Å². The van der Waals surface area contributed by atoms with E-state index < -0.39 is 5.92 Å². The van der Waals surface area contributed by atoms with Crippen molar-refractivity contribution in [3.8, 4) is 17.1 Å². The minimum atomic E-state index is -0.510. The van der Waals surface area contributed by atoms with Gasteiger partial charge >= 0.3 is 0 Å². The van der Waals surface area contributed by atoms with Crippen molar-refractivity contribution in [2.75, 3.05) is 11.9 Å². The quantitative estimate of drug-likeness (QED) is 0.381. The summed E-state index contributed by atoms with van der Waals surface area (Å²) < 4.78 is 7.45. The number of rotatable bonds is 6. The lowest BCUT2D eigenvalue weighted by molar-refractivity contribution is -0.134. The highest BCUT2D eigenvalue weighted by Crippen LogP contribution is 2.34. The number of amides is 3. The Labute approximate surface area is 194 Å². The SMILES string of the molecule is Cn1nc(C2CCC(=O)NC2=O)c2cccc(OCC(=O)Nc3ccc(-c4ncc[nH]4)cc3)c21. The summed E-state index contributed by atoms with van der Waals surface area (Å²) in [4.78, 5) is 43.6. The largest absolute Gasteiger partial charge is 0.481 e. The minimum Gasteiger partial charge on any atom is -0.481 e. The van der Waals surface area contributed by atoms with Crippen LogP contribution in [-0.4, -0.2) is 44.1 Å². The molecular formula is C24H22N6O4. The number of anilines is 1. The van der Waals surface area contributed by atoms with Crippen LogP contribution in [0.2, 0.25) is 0 Å². The molecule has 3 heterocycles. The maximum atomic E-state index is 12.5. The third-order valence-corrected chi connectivity index (χ3v) is 5.72. The van der Waals surface area contributed by atoms with E-state index in [1.54, 1.807) is 48.4 Å². The lowest BCUT2D eigenvalue weighted by Gasteiger charge is -2.19. The predicted molar refractivity (Wildman–Crippen MR) is 124 cm³/mol. The molecule has 0 saturated carbocycles. The standard InChI is InChI=1S/C24H22N6O4/c1-30-22-16(21(29-30)17-9-10-19(31)28-24(17)33)3-2-4-18(22)34-13-20(32)27-15-7-5-14(6-8-15)23-25-11-12-26-23/h2-8,11-12,17H,9-10,13H2,1H3,(H,25,26)(H,27,32)(H,28,31,33). The van der Waals surface area contributed by atoms with Crippen molar-refractivity contribution in [1.82, 2.24) is 25.1 Å². The van der Waals surface area contributed by atoms with E-state index in [4.69, 9.17) is 4.74 Å². The van der Waals surface area contributed by atoms with Gasteiger partial charge in [-0.2, -0.15) is 5.10 Å². The summed E-state index contributed by atoms with van der Waals surface area (Å²) in [6.45, 7) is -0.196. The lowest BCUT2D eigenvalue weighted by atomic mass is 9.93. The van der Waals surface area contributed by atoms with E-state index in [1.807, 2.05) is 18.2 Å². The number of carbonyl (C=O) groups excluding carboxylic acids is 3. The molecule has 1 fully saturated rings. The molecule has 10 nitrogen and oxygen atoms in total. The van der Waals surface area contributed by atoms with E-state index in [2.05, 4.69) is 25.7 Å². The molecule has 2 aromatic carbocycles. The molecule has 3 N–H and O–H groups in total. The molecule has 0 aliphatic carbocycles. The Bertz CT molecular complexity index is 1370. The summed E-state index contributed by atoms with van der Waals surface area (Å²) in [7, 11) is 1.76. The van der Waals surface area contributed by atoms with Crippen LogP contribution < -0.4 is 15.4 Å². The zero-order valence-corrected chi connectivity index (χ0v) is 18.4. The van der Waals surface area contributed by atoms with Crippen molar-refractivity contribution in [3.05, 3.63) is 60.6 Å². The van der Waals surface area contributed by atoms with E-state index in [-0.39, 0.29) is 30.7 Å². The fourth-order valence-electron chi connectivity index (χ4n) is 4.13. The van der Waals surface area contributed by atoms with Crippen LogP contribution >= 0.6 is 0 Å². The number of benzene rings is 2. The van der Waals surface area contributed by atoms with Gasteiger partial charge in [-0.3, -0.25) is 24.4 Å². The Morgan fingerprint density at radius 2 is 2.03 bits per heavy atom. The number of piperidine rings is 1. The summed E-state index contributed by atoms with van der Waals surface area (Å²) in [6.07, 6.45) is 4.11. The third-order valence-electron chi connectivity index (χ3n) is 5.72. The molecule has 1 aliphatic heterocycles. The number of hydrogen-bond acceptors (Lipinski definition) is 6. The van der Waals surface area contributed by atoms with Gasteiger partial charge in [0, 0.05) is 42.5 Å². The summed E-state index contributed by atoms with van der Waals surface area (Å²) in [5.41, 5.74) is 2.82. The molecule has 2 aromatic heterocycles. The third kappa shape index (κ3) is 4.13. The van der Waals surface area contributed by atoms with E-state index in [9.17, 15) is 14.4 Å². The van der Waals surface area contributed by atoms with Crippen molar-refractivity contribution >= 4 is 34.3 Å². The van der Waals surface area contributed by atoms with Crippen LogP contribution in [0.4, 0.5) is 5.69 Å². The van der Waals surface area contributed by atoms with Gasteiger partial charge in [-0.15, -0.1) is 0 Å². The zero-order valence-electron chi connectivity index (χ0n) is 18.4. The van der Waals surface area contributed by atoms with Crippen molar-refractivity contribution in [2.45, 2.75) is 18.8 Å². The normalized spacial score (nSPS) is 15.9. The summed E-state index contributed by atoms with van der Waals surface area (Å²) in [6, 6.07) is 12.7. The van der Waals surface area contributed by atoms with Gasteiger partial charge in [-0.25, -0.2) is 4.98 Å². The van der Waals surface area contributed by atoms with Gasteiger partial charge in [0.1, 0.15) is 17.1 Å². The number of fused-ring (bicyclic) bond motifs is 1. The number of para-hydroxylation sites is 1. The topological polar surface area (TPSA) is 131 Å². The van der Waals surface area contributed by atoms with E-state index >= 15 is 0 Å². The van der Waals surface area contributed by atoms with Gasteiger partial charge in [0.15, 0.2) is 6.61 Å². The number of nitrogens with one attached hydrogen (secondary N) is 3. The molecule has 1 aliphatic rings. The number of carbonyl (C=O) groups is 3. The van der Waals surface area contributed by atoms with E-state index in [1.165, 1.54) is 0 Å². The average Bonchev–Trinajstić information content (AvgIpc) is 3.47. The number of imidazole rings is 1. The lowest BCUT2D eigenvalue weighted by Crippen LogP contribution is -2.39. The molecule has 1 saturated heterocycles. The van der Waals surface area contributed by atoms with Gasteiger partial charge in [0.05, 0.1) is 11.6 Å². The molecule has 0 bridgehead atoms. The molecule has 1 atom stereocenters. The first-order valence-corrected chi connectivity index (χ1v) is 10.8. The van der Waals surface area contributed by atoms with Crippen LogP contribution in [0.25, 0.3) is 22.3 Å². The molecule has 172 valence electrons. The van der Waals surface area contributed by atoms with Crippen LogP contribution in [0.3, 0.4) is 0 Å². The molecular weight excluding hydrogens is 436 g/mol. The Kier molecular flexibility index (Phi) is 5.54. The number of aromatic amines is 1. The van der Waals surface area contributed by atoms with Crippen molar-refractivity contribution in [2.24, 2.45) is 7.05 Å². The van der Waals surface area contributed by atoms with Crippen LogP contribution in [-0.2, 0) is 21.4 Å². The van der Waals surface area contributed by atoms with Gasteiger partial charge in [0.25, 0.3) is 5.91 Å². The number of H-pyrrole nitrogens is 1. The minimum absolute atomic E-state index is 0.196. The number of ether oxygens (including phenoxy) is 1. The molecule has 34 heavy (non-hydrogen) atoms. The van der Waals surface area contributed by atoms with Gasteiger partial charge in [-0.05, 0) is 36.8 Å². The number of aryl methyl sites for hydroxylation is 1. The van der Waals surface area contributed by atoms with Gasteiger partial charge in [0.2, 0.25) is 11.8 Å². The van der Waals surface area contributed by atoms with Crippen molar-refractivity contribution in [3.63, 3.8) is 0 Å². The monoisotopic (exact) mass is 458 g/mol. The van der Waals surface area contributed by atoms with Crippen molar-refractivity contribution in [1.29, 1.82) is 0 Å². The Morgan fingerprint density at radius 3 is 2.76 bits per heavy atom. The average molecular weight is 458 g/mol. The highest BCUT2D eigenvalue weighted by Gasteiger charge is 2.32. The summed E-state index contributed by atoms with van der Waals surface area (Å²) >= 11 is 0. The highest BCUT2D eigenvalue weighted by molar-refractivity contribution is 6.03. The van der Waals surface area contributed by atoms with Crippen LogP contribution in [0.1, 0.15) is 24.5 Å². The van der Waals surface area contributed by atoms with Crippen LogP contribution in [0.5, 0.6) is 5.75 Å². The van der Waals surface area contributed by atoms with E-state index in [0.29, 0.717) is 29.1 Å². The first kappa shape index (κ1) is 21.4. The Hall–Kier alpha value is -4.47. The predicted octanol–water partition coefficient (Wildman–Crippen LogP) is 2.50. The van der Waals surface area contributed by atoms with E-state index in [0.717, 1.165) is 16.8 Å². The molecule has 0 spiro atoms. The van der Waals surface area contributed by atoms with Crippen LogP contribution in [0, 0.1) is 0 Å². The second kappa shape index (κ2) is 8.81. The second-order valence-electron chi connectivity index (χ2n) is 8.02. The fraction of sp³-hybridized carbons (Fsp3) is 0.208. The maximum Gasteiger partial charge on any atom is 0.262 e. The zero-order chi connectivity index (χ0) is 23.7. The molecule has 4 aromatic rings. The smallest absolute Gasteiger partial charge is 0.262 e. The molecule has 1 unspecified atom stereocenters. The summed E-state index contributed by atoms with van der Waals surface area (Å²) in [5, 5.41) is 10.5.